The third kappa shape index (κ3) is 6.32. The fourth-order valence-corrected chi connectivity index (χ4v) is 5.51. The molecule has 6 aromatic rings. The van der Waals surface area contributed by atoms with E-state index in [0.717, 1.165) is 33.4 Å². The number of aromatic nitrogens is 6. The van der Waals surface area contributed by atoms with Gasteiger partial charge in [0.1, 0.15) is 11.5 Å². The summed E-state index contributed by atoms with van der Waals surface area (Å²) in [5, 5.41) is 2.31. The molecule has 0 bridgehead atoms. The van der Waals surface area contributed by atoms with Crippen molar-refractivity contribution < 1.29 is 9.47 Å². The van der Waals surface area contributed by atoms with Crippen LogP contribution < -0.4 is 32.4 Å². The lowest BCUT2D eigenvalue weighted by Gasteiger charge is -2.15. The third-order valence-corrected chi connectivity index (χ3v) is 7.93. The Morgan fingerprint density at radius 3 is 1.28 bits per heavy atom. The number of aryl methyl sites for hydroxylation is 4. The number of benzene rings is 2. The zero-order chi connectivity index (χ0) is 33.4. The highest BCUT2D eigenvalue weighted by molar-refractivity contribution is 5.87. The number of ether oxygens (including phenoxy) is 2. The van der Waals surface area contributed by atoms with Crippen molar-refractivity contribution in [3.63, 3.8) is 0 Å². The van der Waals surface area contributed by atoms with Crippen LogP contribution in [0.3, 0.4) is 0 Å². The minimum atomic E-state index is 0.133. The molecule has 240 valence electrons. The van der Waals surface area contributed by atoms with Gasteiger partial charge in [-0.1, -0.05) is 27.7 Å². The first-order valence-corrected chi connectivity index (χ1v) is 15.0. The van der Waals surface area contributed by atoms with Gasteiger partial charge in [0.2, 0.25) is 11.9 Å². The second-order valence-electron chi connectivity index (χ2n) is 12.1. The van der Waals surface area contributed by atoms with E-state index in [1.54, 1.807) is 0 Å². The monoisotopic (exact) mass is 622 g/mol. The van der Waals surface area contributed by atoms with Crippen molar-refractivity contribution in [3.05, 3.63) is 71.3 Å². The Bertz CT molecular complexity index is 1910. The molecule has 2 aromatic carbocycles. The zero-order valence-electron chi connectivity index (χ0n) is 27.6. The van der Waals surface area contributed by atoms with E-state index in [4.69, 9.17) is 32.4 Å². The molecular weight excluding hydrogens is 580 g/mol. The van der Waals surface area contributed by atoms with Crippen molar-refractivity contribution in [1.82, 2.24) is 29.1 Å². The van der Waals surface area contributed by atoms with E-state index in [-0.39, 0.29) is 23.5 Å². The van der Waals surface area contributed by atoms with Crippen molar-refractivity contribution in [2.75, 3.05) is 22.9 Å². The van der Waals surface area contributed by atoms with Crippen LogP contribution >= 0.6 is 0 Å². The summed E-state index contributed by atoms with van der Waals surface area (Å²) in [5.41, 5.74) is 29.8. The quantitative estimate of drug-likeness (QED) is 0.156. The number of nitrogen functional groups attached to an aromatic ring is 4. The molecule has 0 aliphatic heterocycles. The number of nitrogens with zero attached hydrogens (tertiary/aromatic N) is 6. The molecule has 0 saturated heterocycles. The SMILES string of the molecule is Cc1cn(C)c2cc(C(C)C)c(Oc3cnc(N)nc3N)cc12.Cc1cn(C)c2cc(C(C)C)c(Oc3cnc(N)nc3N)cc12. The molecule has 4 aromatic heterocycles. The minimum absolute atomic E-state index is 0.133. The maximum absolute atomic E-state index is 6.01. The van der Waals surface area contributed by atoms with Crippen LogP contribution in [0.25, 0.3) is 21.8 Å². The first-order chi connectivity index (χ1) is 21.7. The van der Waals surface area contributed by atoms with Crippen LogP contribution in [0.2, 0.25) is 0 Å². The van der Waals surface area contributed by atoms with Crippen LogP contribution in [0.15, 0.2) is 49.1 Å². The maximum Gasteiger partial charge on any atom is 0.222 e. The van der Waals surface area contributed by atoms with Gasteiger partial charge in [0, 0.05) is 48.3 Å². The highest BCUT2D eigenvalue weighted by atomic mass is 16.5. The van der Waals surface area contributed by atoms with Gasteiger partial charge in [-0.15, -0.1) is 0 Å². The number of anilines is 4. The van der Waals surface area contributed by atoms with Gasteiger partial charge in [-0.05, 0) is 72.2 Å². The number of hydrogen-bond donors (Lipinski definition) is 4. The van der Waals surface area contributed by atoms with E-state index in [1.807, 2.05) is 14.1 Å². The van der Waals surface area contributed by atoms with E-state index in [1.165, 1.54) is 34.6 Å². The van der Waals surface area contributed by atoms with Crippen LogP contribution in [0.1, 0.15) is 61.8 Å². The van der Waals surface area contributed by atoms with Crippen LogP contribution in [0.5, 0.6) is 23.0 Å². The highest BCUT2D eigenvalue weighted by Crippen LogP contribution is 2.38. The van der Waals surface area contributed by atoms with E-state index >= 15 is 0 Å². The van der Waals surface area contributed by atoms with Crippen molar-refractivity contribution in [3.8, 4) is 23.0 Å². The van der Waals surface area contributed by atoms with Gasteiger partial charge in [0.25, 0.3) is 0 Å². The number of fused-ring (bicyclic) bond motifs is 2. The van der Waals surface area contributed by atoms with Crippen LogP contribution in [-0.2, 0) is 14.1 Å². The molecule has 0 unspecified atom stereocenters. The molecular formula is C34H42N10O2. The summed E-state index contributed by atoms with van der Waals surface area (Å²) in [6.45, 7) is 12.7. The topological polar surface area (TPSA) is 184 Å². The summed E-state index contributed by atoms with van der Waals surface area (Å²) < 4.78 is 16.3. The fraction of sp³-hybridized carbons (Fsp3) is 0.294. The molecule has 0 spiro atoms. The van der Waals surface area contributed by atoms with Crippen molar-refractivity contribution in [2.24, 2.45) is 14.1 Å². The standard InChI is InChI=1S/2C17H21N5O/c2*1-9(2)11-5-13-12(10(3)8-22(13)4)6-14(11)23-15-7-20-17(19)21-16(15)18/h2*5-9H,1-4H3,(H4,18,19,20,21). The average Bonchev–Trinajstić information content (AvgIpc) is 3.43. The summed E-state index contributed by atoms with van der Waals surface area (Å²) >= 11 is 0. The molecule has 0 amide bonds. The van der Waals surface area contributed by atoms with Crippen LogP contribution in [0, 0.1) is 13.8 Å². The largest absolute Gasteiger partial charge is 0.452 e. The summed E-state index contributed by atoms with van der Waals surface area (Å²) in [6.07, 6.45) is 7.23. The molecule has 0 aliphatic carbocycles. The molecule has 0 aliphatic rings. The molecule has 0 fully saturated rings. The van der Waals surface area contributed by atoms with Gasteiger partial charge in [-0.2, -0.15) is 9.97 Å². The molecule has 0 atom stereocenters. The second kappa shape index (κ2) is 12.5. The smallest absolute Gasteiger partial charge is 0.222 e. The number of rotatable bonds is 6. The Balaban J connectivity index is 0.000000181. The summed E-state index contributed by atoms with van der Waals surface area (Å²) in [7, 11) is 4.09. The number of hydrogen-bond acceptors (Lipinski definition) is 10. The third-order valence-electron chi connectivity index (χ3n) is 7.93. The predicted molar refractivity (Wildman–Crippen MR) is 185 cm³/mol. The Morgan fingerprint density at radius 1 is 0.587 bits per heavy atom. The van der Waals surface area contributed by atoms with Gasteiger partial charge in [0.05, 0.1) is 12.4 Å². The second-order valence-corrected chi connectivity index (χ2v) is 12.1. The van der Waals surface area contributed by atoms with Gasteiger partial charge in [-0.3, -0.25) is 0 Å². The Hall–Kier alpha value is -5.52. The average molecular weight is 623 g/mol. The lowest BCUT2D eigenvalue weighted by molar-refractivity contribution is 0.472. The molecule has 46 heavy (non-hydrogen) atoms. The highest BCUT2D eigenvalue weighted by Gasteiger charge is 2.17. The summed E-state index contributed by atoms with van der Waals surface area (Å²) in [5.74, 6) is 3.70. The van der Waals surface area contributed by atoms with E-state index in [2.05, 4.69) is 107 Å². The normalized spacial score (nSPS) is 11.3. The van der Waals surface area contributed by atoms with E-state index < -0.39 is 0 Å². The Labute approximate surface area is 268 Å². The van der Waals surface area contributed by atoms with Crippen LogP contribution in [-0.4, -0.2) is 29.1 Å². The lowest BCUT2D eigenvalue weighted by Crippen LogP contribution is -2.02. The van der Waals surface area contributed by atoms with Gasteiger partial charge in [0.15, 0.2) is 23.1 Å². The fourth-order valence-electron chi connectivity index (χ4n) is 5.51. The van der Waals surface area contributed by atoms with E-state index in [9.17, 15) is 0 Å². The van der Waals surface area contributed by atoms with Crippen molar-refractivity contribution in [1.29, 1.82) is 0 Å². The van der Waals surface area contributed by atoms with E-state index in [0.29, 0.717) is 23.3 Å². The van der Waals surface area contributed by atoms with Gasteiger partial charge in [-0.25, -0.2) is 9.97 Å². The zero-order valence-corrected chi connectivity index (χ0v) is 27.6. The first kappa shape index (κ1) is 31.9. The Kier molecular flexibility index (Phi) is 8.64. The molecule has 4 heterocycles. The first-order valence-electron chi connectivity index (χ1n) is 15.0. The Morgan fingerprint density at radius 2 is 0.957 bits per heavy atom. The molecule has 12 heteroatoms. The van der Waals surface area contributed by atoms with Crippen LogP contribution in [0.4, 0.5) is 23.5 Å². The molecule has 8 N–H and O–H groups in total. The maximum atomic E-state index is 6.01. The van der Waals surface area contributed by atoms with Gasteiger partial charge >= 0.3 is 0 Å². The predicted octanol–water partition coefficient (Wildman–Crippen LogP) is 6.71. The number of nitrogens with two attached hydrogens (primary N) is 4. The molecule has 0 saturated carbocycles. The summed E-state index contributed by atoms with van der Waals surface area (Å²) in [6, 6.07) is 8.43. The minimum Gasteiger partial charge on any atom is -0.452 e. The molecule has 12 nitrogen and oxygen atoms in total. The van der Waals surface area contributed by atoms with Crippen molar-refractivity contribution in [2.45, 2.75) is 53.4 Å². The molecule has 0 radical (unpaired) electrons. The summed E-state index contributed by atoms with van der Waals surface area (Å²) in [4.78, 5) is 15.8. The lowest BCUT2D eigenvalue weighted by atomic mass is 10.00. The van der Waals surface area contributed by atoms with Gasteiger partial charge < -0.3 is 41.5 Å². The molecule has 6 rings (SSSR count). The van der Waals surface area contributed by atoms with Crippen molar-refractivity contribution >= 4 is 45.3 Å².